The lowest BCUT2D eigenvalue weighted by molar-refractivity contribution is 0.255. The van der Waals surface area contributed by atoms with E-state index in [0.29, 0.717) is 17.1 Å². The maximum Gasteiger partial charge on any atom is 0.259 e. The fourth-order valence-electron chi connectivity index (χ4n) is 4.46. The Bertz CT molecular complexity index is 1280. The second-order valence-electron chi connectivity index (χ2n) is 8.30. The van der Waals surface area contributed by atoms with Gasteiger partial charge in [-0.05, 0) is 81.2 Å². The van der Waals surface area contributed by atoms with Crippen molar-refractivity contribution in [1.29, 1.82) is 0 Å². The molecule has 6 nitrogen and oxygen atoms in total. The summed E-state index contributed by atoms with van der Waals surface area (Å²) in [7, 11) is 4.08. The molecule has 0 aliphatic carbocycles. The molecule has 2 aromatic heterocycles. The van der Waals surface area contributed by atoms with Gasteiger partial charge in [-0.25, -0.2) is 4.98 Å². The van der Waals surface area contributed by atoms with Crippen molar-refractivity contribution in [2.75, 3.05) is 20.1 Å². The van der Waals surface area contributed by atoms with Crippen LogP contribution in [-0.2, 0) is 7.05 Å². The van der Waals surface area contributed by atoms with Gasteiger partial charge < -0.3 is 9.88 Å². The summed E-state index contributed by atoms with van der Waals surface area (Å²) in [4.78, 5) is 23.0. The summed E-state index contributed by atoms with van der Waals surface area (Å²) in [5.41, 5.74) is 4.85. The number of fused-ring (bicyclic) bond motifs is 2. The number of nitrogens with one attached hydrogen (secondary N) is 1. The van der Waals surface area contributed by atoms with Gasteiger partial charge in [0.05, 0.1) is 16.4 Å². The molecule has 3 heterocycles. The van der Waals surface area contributed by atoms with Crippen LogP contribution in [0.2, 0.25) is 0 Å². The van der Waals surface area contributed by atoms with E-state index in [4.69, 9.17) is 4.98 Å². The predicted molar refractivity (Wildman–Crippen MR) is 116 cm³/mol. The van der Waals surface area contributed by atoms with Gasteiger partial charge >= 0.3 is 0 Å². The predicted octanol–water partition coefficient (Wildman–Crippen LogP) is 3.59. The number of hydrogen-bond donors (Lipinski definition) is 1. The van der Waals surface area contributed by atoms with Crippen molar-refractivity contribution in [1.82, 2.24) is 24.6 Å². The highest BCUT2D eigenvalue weighted by Crippen LogP contribution is 2.29. The van der Waals surface area contributed by atoms with Gasteiger partial charge in [-0.1, -0.05) is 6.07 Å². The normalized spacial score (nSPS) is 16.1. The molecule has 6 heteroatoms. The first-order valence-corrected chi connectivity index (χ1v) is 10.1. The third-order valence-corrected chi connectivity index (χ3v) is 6.11. The van der Waals surface area contributed by atoms with E-state index in [0.717, 1.165) is 53.5 Å². The molecule has 1 saturated heterocycles. The van der Waals surface area contributed by atoms with Gasteiger partial charge in [-0.2, -0.15) is 5.10 Å². The highest BCUT2D eigenvalue weighted by Gasteiger charge is 2.19. The molecule has 0 bridgehead atoms. The van der Waals surface area contributed by atoms with E-state index in [2.05, 4.69) is 28.1 Å². The molecule has 1 aliphatic heterocycles. The summed E-state index contributed by atoms with van der Waals surface area (Å²) < 4.78 is 1.81. The molecule has 1 N–H and O–H groups in total. The van der Waals surface area contributed by atoms with Gasteiger partial charge in [0.25, 0.3) is 5.56 Å². The third kappa shape index (κ3) is 3.23. The molecular weight excluding hydrogens is 362 g/mol. The zero-order valence-electron chi connectivity index (χ0n) is 17.1. The smallest absolute Gasteiger partial charge is 0.259 e. The second kappa shape index (κ2) is 6.81. The zero-order valence-corrected chi connectivity index (χ0v) is 17.1. The summed E-state index contributed by atoms with van der Waals surface area (Å²) >= 11 is 0. The summed E-state index contributed by atoms with van der Waals surface area (Å²) in [6, 6.07) is 10.2. The second-order valence-corrected chi connectivity index (χ2v) is 8.30. The van der Waals surface area contributed by atoms with Crippen LogP contribution in [0.1, 0.15) is 29.9 Å². The number of aromatic nitrogens is 4. The lowest BCUT2D eigenvalue weighted by atomic mass is 9.89. The molecule has 1 fully saturated rings. The highest BCUT2D eigenvalue weighted by molar-refractivity contribution is 5.87. The van der Waals surface area contributed by atoms with Crippen LogP contribution in [0.4, 0.5) is 0 Å². The summed E-state index contributed by atoms with van der Waals surface area (Å²) in [5.74, 6) is 1.12. The quantitative estimate of drug-likeness (QED) is 0.571. The SMILES string of the molecule is Cc1cc(-c2nc3ccc(C4CCN(C)CC4)cc3c(=O)[nH]2)cc2cn(C)nc12. The summed E-state index contributed by atoms with van der Waals surface area (Å²) in [6.45, 7) is 4.24. The molecule has 0 radical (unpaired) electrons. The first-order valence-electron chi connectivity index (χ1n) is 10.1. The first kappa shape index (κ1) is 18.1. The number of aromatic amines is 1. The number of hydrogen-bond acceptors (Lipinski definition) is 4. The highest BCUT2D eigenvalue weighted by atomic mass is 16.1. The van der Waals surface area contributed by atoms with Crippen molar-refractivity contribution < 1.29 is 0 Å². The summed E-state index contributed by atoms with van der Waals surface area (Å²) in [6.07, 6.45) is 4.25. The van der Waals surface area contributed by atoms with Crippen molar-refractivity contribution in [2.45, 2.75) is 25.7 Å². The van der Waals surface area contributed by atoms with Crippen LogP contribution >= 0.6 is 0 Å². The molecule has 0 spiro atoms. The minimum Gasteiger partial charge on any atom is -0.306 e. The average molecular weight is 387 g/mol. The number of aryl methyl sites for hydroxylation is 2. The lowest BCUT2D eigenvalue weighted by Gasteiger charge is -2.29. The van der Waals surface area contributed by atoms with Gasteiger partial charge in [-0.15, -0.1) is 0 Å². The van der Waals surface area contributed by atoms with Crippen molar-refractivity contribution in [3.63, 3.8) is 0 Å². The van der Waals surface area contributed by atoms with Crippen LogP contribution < -0.4 is 5.56 Å². The van der Waals surface area contributed by atoms with E-state index in [9.17, 15) is 4.79 Å². The molecule has 2 aromatic carbocycles. The van der Waals surface area contributed by atoms with Gasteiger partial charge in [0.2, 0.25) is 0 Å². The Hall–Kier alpha value is -2.99. The molecule has 0 amide bonds. The van der Waals surface area contributed by atoms with Gasteiger partial charge in [0.1, 0.15) is 5.82 Å². The molecule has 29 heavy (non-hydrogen) atoms. The molecule has 1 aliphatic rings. The molecule has 5 rings (SSSR count). The minimum absolute atomic E-state index is 0.0799. The zero-order chi connectivity index (χ0) is 20.1. The Morgan fingerprint density at radius 2 is 1.90 bits per heavy atom. The number of benzene rings is 2. The molecule has 4 aromatic rings. The number of likely N-dealkylation sites (tertiary alicyclic amines) is 1. The van der Waals surface area contributed by atoms with Gasteiger partial charge in [-0.3, -0.25) is 9.48 Å². The Kier molecular flexibility index (Phi) is 4.24. The monoisotopic (exact) mass is 387 g/mol. The van der Waals surface area contributed by atoms with E-state index >= 15 is 0 Å². The number of rotatable bonds is 2. The maximum absolute atomic E-state index is 12.9. The van der Waals surface area contributed by atoms with E-state index < -0.39 is 0 Å². The van der Waals surface area contributed by atoms with Crippen LogP contribution in [0.3, 0.4) is 0 Å². The third-order valence-electron chi connectivity index (χ3n) is 6.11. The van der Waals surface area contributed by atoms with Crippen LogP contribution in [0.5, 0.6) is 0 Å². The Morgan fingerprint density at radius 1 is 1.10 bits per heavy atom. The molecule has 0 saturated carbocycles. The van der Waals surface area contributed by atoms with Crippen molar-refractivity contribution >= 4 is 21.8 Å². The molecule has 148 valence electrons. The van der Waals surface area contributed by atoms with E-state index in [1.807, 2.05) is 49.1 Å². The largest absolute Gasteiger partial charge is 0.306 e. The van der Waals surface area contributed by atoms with E-state index in [-0.39, 0.29) is 5.56 Å². The molecular formula is C23H25N5O. The fraction of sp³-hybridized carbons (Fsp3) is 0.348. The van der Waals surface area contributed by atoms with Crippen LogP contribution in [0.15, 0.2) is 41.3 Å². The Morgan fingerprint density at radius 3 is 2.69 bits per heavy atom. The van der Waals surface area contributed by atoms with Crippen molar-refractivity contribution in [3.05, 3.63) is 58.0 Å². The van der Waals surface area contributed by atoms with Crippen LogP contribution in [0.25, 0.3) is 33.2 Å². The number of piperidine rings is 1. The van der Waals surface area contributed by atoms with E-state index in [1.54, 1.807) is 0 Å². The summed E-state index contributed by atoms with van der Waals surface area (Å²) in [5, 5.41) is 6.21. The van der Waals surface area contributed by atoms with Crippen LogP contribution in [-0.4, -0.2) is 44.8 Å². The Labute approximate surface area is 169 Å². The van der Waals surface area contributed by atoms with E-state index in [1.165, 1.54) is 5.56 Å². The topological polar surface area (TPSA) is 66.8 Å². The fourth-order valence-corrected chi connectivity index (χ4v) is 4.46. The molecule has 0 unspecified atom stereocenters. The van der Waals surface area contributed by atoms with Gasteiger partial charge in [0, 0.05) is 24.2 Å². The number of nitrogens with zero attached hydrogens (tertiary/aromatic N) is 4. The standard InChI is InChI=1S/C23H25N5O/c1-14-10-17(11-18-13-28(3)26-21(14)18)22-24-20-5-4-16(12-19(20)23(29)25-22)15-6-8-27(2)9-7-15/h4-5,10-13,15H,6-9H2,1-3H3,(H,24,25,29). The Balaban J connectivity index is 1.57. The number of H-pyrrole nitrogens is 1. The van der Waals surface area contributed by atoms with Crippen LogP contribution in [0, 0.1) is 6.92 Å². The average Bonchev–Trinajstić information content (AvgIpc) is 3.09. The molecule has 0 atom stereocenters. The minimum atomic E-state index is -0.0799. The maximum atomic E-state index is 12.9. The lowest BCUT2D eigenvalue weighted by Crippen LogP contribution is -2.29. The van der Waals surface area contributed by atoms with Crippen molar-refractivity contribution in [3.8, 4) is 11.4 Å². The van der Waals surface area contributed by atoms with Crippen molar-refractivity contribution in [2.24, 2.45) is 7.05 Å². The first-order chi connectivity index (χ1) is 14.0. The van der Waals surface area contributed by atoms with Gasteiger partial charge in [0.15, 0.2) is 0 Å².